The van der Waals surface area contributed by atoms with Crippen LogP contribution in [-0.4, -0.2) is 14.4 Å². The number of nitrogens with zero attached hydrogens (tertiary/aromatic N) is 1. The number of anilines is 2. The molecule has 28 heavy (non-hydrogen) atoms. The predicted octanol–water partition coefficient (Wildman–Crippen LogP) is 4.84. The summed E-state index contributed by atoms with van der Waals surface area (Å²) in [5, 5.41) is 0.994. The first-order chi connectivity index (χ1) is 13.4. The van der Waals surface area contributed by atoms with Crippen LogP contribution in [0, 0.1) is 6.92 Å². The fraction of sp³-hybridized carbons (Fsp3) is 0.0455. The minimum Gasteiger partial charge on any atom is -0.262 e. The Morgan fingerprint density at radius 2 is 1.43 bits per heavy atom. The van der Waals surface area contributed by atoms with Gasteiger partial charge in [0, 0.05) is 0 Å². The fourth-order valence-electron chi connectivity index (χ4n) is 2.68. The summed E-state index contributed by atoms with van der Waals surface area (Å²) in [6.07, 6.45) is 1.46. The first kappa shape index (κ1) is 19.4. The molecule has 142 valence electrons. The van der Waals surface area contributed by atoms with E-state index in [0.29, 0.717) is 11.4 Å². The van der Waals surface area contributed by atoms with E-state index in [4.69, 9.17) is 0 Å². The van der Waals surface area contributed by atoms with Crippen LogP contribution in [0.15, 0.2) is 90.3 Å². The number of sulfonamides is 1. The molecule has 0 radical (unpaired) electrons. The minimum absolute atomic E-state index is 0.559. The van der Waals surface area contributed by atoms with Crippen LogP contribution in [0.3, 0.4) is 0 Å². The molecule has 0 saturated carbocycles. The van der Waals surface area contributed by atoms with E-state index >= 15 is 0 Å². The van der Waals surface area contributed by atoms with Gasteiger partial charge in [-0.1, -0.05) is 66.2 Å². The molecule has 0 aliphatic carbocycles. The van der Waals surface area contributed by atoms with Crippen LogP contribution >= 0.6 is 0 Å². The van der Waals surface area contributed by atoms with Gasteiger partial charge in [0.15, 0.2) is 0 Å². The van der Waals surface area contributed by atoms with E-state index in [0.717, 1.165) is 16.5 Å². The van der Waals surface area contributed by atoms with E-state index in [2.05, 4.69) is 4.72 Å². The average Bonchev–Trinajstić information content (AvgIpc) is 2.68. The molecule has 0 saturated heterocycles. The van der Waals surface area contributed by atoms with Crippen molar-refractivity contribution in [2.45, 2.75) is 6.92 Å². The van der Waals surface area contributed by atoms with Crippen LogP contribution in [0.25, 0.3) is 6.08 Å². The van der Waals surface area contributed by atoms with E-state index in [9.17, 15) is 13.2 Å². The van der Waals surface area contributed by atoms with Crippen molar-refractivity contribution in [1.82, 2.24) is 4.72 Å². The molecule has 0 aliphatic heterocycles. The van der Waals surface area contributed by atoms with Crippen LogP contribution in [0.1, 0.15) is 11.1 Å². The van der Waals surface area contributed by atoms with Crippen LogP contribution in [0.4, 0.5) is 16.2 Å². The molecule has 0 aromatic heterocycles. The number of aryl methyl sites for hydroxylation is 1. The van der Waals surface area contributed by atoms with Gasteiger partial charge >= 0.3 is 6.03 Å². The van der Waals surface area contributed by atoms with Gasteiger partial charge in [-0.2, -0.15) is 0 Å². The lowest BCUT2D eigenvalue weighted by molar-refractivity contribution is 0.253. The maximum Gasteiger partial charge on any atom is 0.340 e. The highest BCUT2D eigenvalue weighted by molar-refractivity contribution is 7.93. The summed E-state index contributed by atoms with van der Waals surface area (Å²) < 4.78 is 27.0. The van der Waals surface area contributed by atoms with Gasteiger partial charge in [0.2, 0.25) is 0 Å². The minimum atomic E-state index is -3.97. The van der Waals surface area contributed by atoms with Crippen LogP contribution in [0.2, 0.25) is 0 Å². The number of hydrogen-bond acceptors (Lipinski definition) is 3. The predicted molar refractivity (Wildman–Crippen MR) is 113 cm³/mol. The molecule has 3 rings (SSSR count). The molecule has 0 heterocycles. The highest BCUT2D eigenvalue weighted by Gasteiger charge is 2.21. The molecule has 0 atom stereocenters. The summed E-state index contributed by atoms with van der Waals surface area (Å²) in [4.78, 5) is 14.1. The van der Waals surface area contributed by atoms with E-state index in [-0.39, 0.29) is 0 Å². The van der Waals surface area contributed by atoms with E-state index in [1.165, 1.54) is 11.0 Å². The first-order valence-corrected chi connectivity index (χ1v) is 10.2. The van der Waals surface area contributed by atoms with Gasteiger partial charge < -0.3 is 0 Å². The smallest absolute Gasteiger partial charge is 0.262 e. The number of hydrogen-bond donors (Lipinski definition) is 1. The average molecular weight is 392 g/mol. The second-order valence-electron chi connectivity index (χ2n) is 6.18. The number of rotatable bonds is 5. The van der Waals surface area contributed by atoms with Crippen LogP contribution < -0.4 is 9.62 Å². The molecule has 0 unspecified atom stereocenters. The molecule has 3 aromatic rings. The lowest BCUT2D eigenvalue weighted by Gasteiger charge is -2.22. The summed E-state index contributed by atoms with van der Waals surface area (Å²) in [6.45, 7) is 1.92. The molecule has 0 fully saturated rings. The van der Waals surface area contributed by atoms with Gasteiger partial charge in [-0.3, -0.25) is 4.90 Å². The van der Waals surface area contributed by atoms with E-state index in [1.54, 1.807) is 54.6 Å². The Kier molecular flexibility index (Phi) is 5.91. The van der Waals surface area contributed by atoms with Crippen molar-refractivity contribution in [1.29, 1.82) is 0 Å². The molecular weight excluding hydrogens is 372 g/mol. The van der Waals surface area contributed by atoms with Crippen molar-refractivity contribution in [3.8, 4) is 0 Å². The molecule has 5 nitrogen and oxygen atoms in total. The molecule has 0 bridgehead atoms. The number of urea groups is 1. The van der Waals surface area contributed by atoms with Crippen LogP contribution in [-0.2, 0) is 10.0 Å². The van der Waals surface area contributed by atoms with Gasteiger partial charge in [-0.05, 0) is 42.8 Å². The zero-order chi connectivity index (χ0) is 20.0. The highest BCUT2D eigenvalue weighted by Crippen LogP contribution is 2.25. The summed E-state index contributed by atoms with van der Waals surface area (Å²) in [6, 6.07) is 24.4. The number of carbonyl (C=O) groups is 1. The summed E-state index contributed by atoms with van der Waals surface area (Å²) in [5.41, 5.74) is 2.87. The number of benzene rings is 3. The third-order valence-corrected chi connectivity index (χ3v) is 4.90. The normalized spacial score (nSPS) is 11.3. The van der Waals surface area contributed by atoms with Gasteiger partial charge in [-0.15, -0.1) is 0 Å². The molecular formula is C22H20N2O3S. The fourth-order valence-corrected chi connectivity index (χ4v) is 3.42. The Morgan fingerprint density at radius 1 is 0.857 bits per heavy atom. The van der Waals surface area contributed by atoms with Crippen LogP contribution in [0.5, 0.6) is 0 Å². The zero-order valence-corrected chi connectivity index (χ0v) is 16.1. The summed E-state index contributed by atoms with van der Waals surface area (Å²) >= 11 is 0. The standard InChI is InChI=1S/C22H20N2O3S/c1-18-9-8-10-19(17-18)15-16-28(26,27)23-22(25)24(20-11-4-2-5-12-20)21-13-6-3-7-14-21/h2-17H,1H3,(H,23,25). The molecule has 1 N–H and O–H groups in total. The maximum absolute atomic E-state index is 12.8. The Bertz CT molecular complexity index is 1040. The van der Waals surface area contributed by atoms with E-state index in [1.807, 2.05) is 37.3 Å². The van der Waals surface area contributed by atoms with Crippen molar-refractivity contribution in [3.05, 3.63) is 101 Å². The number of amides is 2. The van der Waals surface area contributed by atoms with Crippen molar-refractivity contribution in [2.75, 3.05) is 4.90 Å². The van der Waals surface area contributed by atoms with Crippen molar-refractivity contribution >= 4 is 33.5 Å². The van der Waals surface area contributed by atoms with Crippen molar-refractivity contribution in [2.24, 2.45) is 0 Å². The van der Waals surface area contributed by atoms with E-state index < -0.39 is 16.1 Å². The topological polar surface area (TPSA) is 66.5 Å². The molecule has 6 heteroatoms. The monoisotopic (exact) mass is 392 g/mol. The number of para-hydroxylation sites is 2. The SMILES string of the molecule is Cc1cccc(C=CS(=O)(=O)NC(=O)N(c2ccccc2)c2ccccc2)c1. The molecule has 3 aromatic carbocycles. The van der Waals surface area contributed by atoms with Crippen molar-refractivity contribution in [3.63, 3.8) is 0 Å². The number of nitrogens with one attached hydrogen (secondary N) is 1. The second-order valence-corrected chi connectivity index (χ2v) is 7.74. The zero-order valence-electron chi connectivity index (χ0n) is 15.3. The quantitative estimate of drug-likeness (QED) is 0.675. The molecule has 0 aliphatic rings. The second kappa shape index (κ2) is 8.54. The Balaban J connectivity index is 1.85. The number of carbonyl (C=O) groups excluding carboxylic acids is 1. The summed E-state index contributed by atoms with van der Waals surface area (Å²) in [5.74, 6) is 0. The lowest BCUT2D eigenvalue weighted by atomic mass is 10.1. The third-order valence-electron chi connectivity index (χ3n) is 3.94. The van der Waals surface area contributed by atoms with Gasteiger partial charge in [-0.25, -0.2) is 17.9 Å². The van der Waals surface area contributed by atoms with Crippen molar-refractivity contribution < 1.29 is 13.2 Å². The lowest BCUT2D eigenvalue weighted by Crippen LogP contribution is -2.39. The highest BCUT2D eigenvalue weighted by atomic mass is 32.2. The Labute approximate surface area is 165 Å². The van der Waals surface area contributed by atoms with Gasteiger partial charge in [0.25, 0.3) is 10.0 Å². The van der Waals surface area contributed by atoms with Gasteiger partial charge in [0.05, 0.1) is 16.8 Å². The van der Waals surface area contributed by atoms with Gasteiger partial charge in [0.1, 0.15) is 0 Å². The summed E-state index contributed by atoms with van der Waals surface area (Å²) in [7, 11) is -3.97. The largest absolute Gasteiger partial charge is 0.340 e. The third kappa shape index (κ3) is 5.08. The first-order valence-electron chi connectivity index (χ1n) is 8.66. The Hall–Kier alpha value is -3.38. The Morgan fingerprint density at radius 3 is 1.96 bits per heavy atom. The maximum atomic E-state index is 12.8. The molecule has 2 amide bonds. The molecule has 0 spiro atoms.